The second kappa shape index (κ2) is 31.8. The van der Waals surface area contributed by atoms with Crippen LogP contribution in [0, 0.1) is 5.92 Å². The minimum atomic E-state index is -2.84. The molecule has 50 heavy (non-hydrogen) atoms. The van der Waals surface area contributed by atoms with E-state index in [4.69, 9.17) is 9.47 Å². The third-order valence-corrected chi connectivity index (χ3v) is 9.09. The summed E-state index contributed by atoms with van der Waals surface area (Å²) in [6.45, 7) is 4.87. The molecular weight excluding hydrogens is 646 g/mol. The topological polar surface area (TPSA) is 55.8 Å². The minimum Gasteiger partial charge on any atom is -0.461 e. The molecular formula is C41H73F4NO4. The van der Waals surface area contributed by atoms with E-state index < -0.39 is 11.8 Å². The van der Waals surface area contributed by atoms with Crippen molar-refractivity contribution in [2.45, 2.75) is 186 Å². The highest BCUT2D eigenvalue weighted by atomic mass is 19.3. The van der Waals surface area contributed by atoms with Crippen molar-refractivity contribution >= 4 is 11.9 Å². The maximum absolute atomic E-state index is 13.7. The first-order valence-electron chi connectivity index (χ1n) is 20.0. The zero-order chi connectivity index (χ0) is 37.4. The Morgan fingerprint density at radius 1 is 0.560 bits per heavy atom. The number of nitrogens with zero attached hydrogens (tertiary/aromatic N) is 1. The van der Waals surface area contributed by atoms with E-state index in [1.54, 1.807) is 0 Å². The molecule has 0 aliphatic carbocycles. The summed E-state index contributed by atoms with van der Waals surface area (Å²) in [5, 5.41) is 0. The summed E-state index contributed by atoms with van der Waals surface area (Å²) >= 11 is 0. The van der Waals surface area contributed by atoms with Crippen LogP contribution in [0.15, 0.2) is 24.3 Å². The van der Waals surface area contributed by atoms with Crippen LogP contribution in [0.5, 0.6) is 0 Å². The number of esters is 2. The lowest BCUT2D eigenvalue weighted by Gasteiger charge is -2.18. The van der Waals surface area contributed by atoms with Crippen molar-refractivity contribution in [2.24, 2.45) is 5.92 Å². The van der Waals surface area contributed by atoms with Crippen LogP contribution < -0.4 is 0 Å². The molecule has 0 aliphatic heterocycles. The lowest BCUT2D eigenvalue weighted by molar-refractivity contribution is -0.143. The Hall–Kier alpha value is -1.90. The molecule has 0 unspecified atom stereocenters. The Bertz CT molecular complexity index is 817. The second-order valence-electron chi connectivity index (χ2n) is 14.4. The largest absolute Gasteiger partial charge is 0.461 e. The van der Waals surface area contributed by atoms with Gasteiger partial charge in [0.15, 0.2) is 0 Å². The predicted molar refractivity (Wildman–Crippen MR) is 199 cm³/mol. The molecule has 0 aliphatic rings. The SMILES string of the molecule is CCCCCC(F)(F)/C=C/COC(=O)CCCCCCCC(CCCCCCCC(=O)OC/C=C/C(F)(F)CCCCC)CCCCN(C)C. The van der Waals surface area contributed by atoms with Gasteiger partial charge in [-0.05, 0) is 83.0 Å². The summed E-state index contributed by atoms with van der Waals surface area (Å²) in [5.74, 6) is -5.61. The molecule has 294 valence electrons. The molecule has 0 aromatic carbocycles. The van der Waals surface area contributed by atoms with Gasteiger partial charge < -0.3 is 14.4 Å². The number of ether oxygens (including phenoxy) is 2. The van der Waals surface area contributed by atoms with Gasteiger partial charge in [0.25, 0.3) is 11.8 Å². The van der Waals surface area contributed by atoms with Crippen LogP contribution in [-0.2, 0) is 19.1 Å². The van der Waals surface area contributed by atoms with Crippen molar-refractivity contribution < 1.29 is 36.6 Å². The van der Waals surface area contributed by atoms with Gasteiger partial charge in [0, 0.05) is 25.7 Å². The molecule has 0 heterocycles. The maximum atomic E-state index is 13.7. The average molecular weight is 720 g/mol. The number of hydrogen-bond acceptors (Lipinski definition) is 5. The first kappa shape index (κ1) is 48.1. The smallest absolute Gasteiger partial charge is 0.306 e. The Kier molecular flexibility index (Phi) is 30.6. The third kappa shape index (κ3) is 33.3. The normalized spacial score (nSPS) is 12.6. The number of unbranched alkanes of at least 4 members (excludes halogenated alkanes) is 13. The number of carbonyl (C=O) groups is 2. The Morgan fingerprint density at radius 3 is 1.34 bits per heavy atom. The number of halogens is 4. The fraction of sp³-hybridized carbons (Fsp3) is 0.854. The highest BCUT2D eigenvalue weighted by Gasteiger charge is 2.24. The van der Waals surface area contributed by atoms with E-state index in [1.807, 2.05) is 13.8 Å². The third-order valence-electron chi connectivity index (χ3n) is 9.09. The highest BCUT2D eigenvalue weighted by molar-refractivity contribution is 5.69. The molecule has 0 N–H and O–H groups in total. The van der Waals surface area contributed by atoms with Gasteiger partial charge in [-0.15, -0.1) is 0 Å². The quantitative estimate of drug-likeness (QED) is 0.0282. The summed E-state index contributed by atoms with van der Waals surface area (Å²) in [6.07, 6.45) is 25.4. The van der Waals surface area contributed by atoms with Crippen molar-refractivity contribution in [1.82, 2.24) is 4.90 Å². The average Bonchev–Trinajstić information content (AvgIpc) is 3.05. The lowest BCUT2D eigenvalue weighted by atomic mass is 9.90. The van der Waals surface area contributed by atoms with Crippen molar-refractivity contribution in [3.63, 3.8) is 0 Å². The standard InChI is InChI=1S/C41H73F4NO4/c1-5-7-20-30-40(42,43)32-23-35-49-38(47)28-17-13-9-11-15-25-37(27-19-22-34-46(3)4)26-16-12-10-14-18-29-39(48)50-36-24-33-41(44,45)31-21-8-6-2/h23-24,32-33,37H,5-22,25-31,34-36H2,1-4H3/b32-23+,33-24+. The molecule has 0 saturated carbocycles. The molecule has 0 rings (SSSR count). The van der Waals surface area contributed by atoms with E-state index in [0.29, 0.717) is 25.7 Å². The molecule has 9 heteroatoms. The van der Waals surface area contributed by atoms with Crippen LogP contribution in [0.4, 0.5) is 17.6 Å². The van der Waals surface area contributed by atoms with E-state index in [9.17, 15) is 27.2 Å². The van der Waals surface area contributed by atoms with Crippen molar-refractivity contribution in [3.05, 3.63) is 24.3 Å². The fourth-order valence-corrected chi connectivity index (χ4v) is 6.01. The number of alkyl halides is 4. The molecule has 5 nitrogen and oxygen atoms in total. The van der Waals surface area contributed by atoms with Gasteiger partial charge in [-0.2, -0.15) is 0 Å². The molecule has 0 amide bonds. The van der Waals surface area contributed by atoms with Gasteiger partial charge in [-0.3, -0.25) is 9.59 Å². The van der Waals surface area contributed by atoms with Crippen LogP contribution in [0.1, 0.15) is 174 Å². The van der Waals surface area contributed by atoms with Crippen LogP contribution in [-0.4, -0.2) is 62.5 Å². The highest BCUT2D eigenvalue weighted by Crippen LogP contribution is 2.26. The Morgan fingerprint density at radius 2 is 0.940 bits per heavy atom. The van der Waals surface area contributed by atoms with E-state index in [-0.39, 0.29) is 38.0 Å². The summed E-state index contributed by atoms with van der Waals surface area (Å²) in [7, 11) is 4.22. The summed E-state index contributed by atoms with van der Waals surface area (Å²) in [4.78, 5) is 26.1. The zero-order valence-electron chi connectivity index (χ0n) is 32.3. The summed E-state index contributed by atoms with van der Waals surface area (Å²) in [5.41, 5.74) is 0. The van der Waals surface area contributed by atoms with Gasteiger partial charge in [0.05, 0.1) is 0 Å². The van der Waals surface area contributed by atoms with Crippen LogP contribution >= 0.6 is 0 Å². The first-order valence-corrected chi connectivity index (χ1v) is 20.0. The summed E-state index contributed by atoms with van der Waals surface area (Å²) < 4.78 is 65.2. The number of rotatable bonds is 35. The first-order chi connectivity index (χ1) is 23.9. The number of hydrogen-bond donors (Lipinski definition) is 0. The van der Waals surface area contributed by atoms with E-state index in [1.165, 1.54) is 57.1 Å². The maximum Gasteiger partial charge on any atom is 0.306 e. The van der Waals surface area contributed by atoms with E-state index >= 15 is 0 Å². The second-order valence-corrected chi connectivity index (χ2v) is 14.4. The molecule has 0 spiro atoms. The lowest BCUT2D eigenvalue weighted by Crippen LogP contribution is -2.13. The van der Waals surface area contributed by atoms with E-state index in [0.717, 1.165) is 102 Å². The Balaban J connectivity index is 4.12. The number of allylic oxidation sites excluding steroid dienone is 2. The monoisotopic (exact) mass is 720 g/mol. The molecule has 0 bridgehead atoms. The van der Waals surface area contributed by atoms with Crippen LogP contribution in [0.3, 0.4) is 0 Å². The van der Waals surface area contributed by atoms with Crippen molar-refractivity contribution in [1.29, 1.82) is 0 Å². The van der Waals surface area contributed by atoms with Crippen LogP contribution in [0.25, 0.3) is 0 Å². The van der Waals surface area contributed by atoms with Gasteiger partial charge in [0.1, 0.15) is 13.2 Å². The van der Waals surface area contributed by atoms with Gasteiger partial charge in [-0.1, -0.05) is 117 Å². The summed E-state index contributed by atoms with van der Waals surface area (Å²) in [6, 6.07) is 0. The molecule has 0 fully saturated rings. The molecule has 0 saturated heterocycles. The minimum absolute atomic E-state index is 0.0996. The Labute approximate surface area is 303 Å². The van der Waals surface area contributed by atoms with Gasteiger partial charge in [-0.25, -0.2) is 17.6 Å². The van der Waals surface area contributed by atoms with Crippen LogP contribution in [0.2, 0.25) is 0 Å². The zero-order valence-corrected chi connectivity index (χ0v) is 32.3. The van der Waals surface area contributed by atoms with Crippen molar-refractivity contribution in [3.8, 4) is 0 Å². The molecule has 0 atom stereocenters. The molecule has 0 aromatic heterocycles. The number of carbonyl (C=O) groups excluding carboxylic acids is 2. The van der Waals surface area contributed by atoms with Gasteiger partial charge >= 0.3 is 11.9 Å². The fourth-order valence-electron chi connectivity index (χ4n) is 6.01. The molecule has 0 aromatic rings. The van der Waals surface area contributed by atoms with Crippen molar-refractivity contribution in [2.75, 3.05) is 33.9 Å². The van der Waals surface area contributed by atoms with E-state index in [2.05, 4.69) is 19.0 Å². The van der Waals surface area contributed by atoms with Gasteiger partial charge in [0.2, 0.25) is 0 Å². The predicted octanol–water partition coefficient (Wildman–Crippen LogP) is 12.4. The molecule has 0 radical (unpaired) electrons.